The highest BCUT2D eigenvalue weighted by atomic mass is 32.1. The molecular weight excluding hydrogens is 565 g/mol. The Morgan fingerprint density at radius 3 is 1.91 bits per heavy atom. The molecule has 2 aliphatic carbocycles. The molecule has 2 aliphatic rings. The molecule has 0 radical (unpaired) electrons. The Morgan fingerprint density at radius 2 is 1.33 bits per heavy atom. The maximum Gasteiger partial charge on any atom is 0.158 e. The van der Waals surface area contributed by atoms with Gasteiger partial charge in [-0.15, -0.1) is 22.7 Å². The summed E-state index contributed by atoms with van der Waals surface area (Å²) in [6, 6.07) is 15.6. The molecule has 2 heterocycles. The van der Waals surface area contributed by atoms with Crippen LogP contribution < -0.4 is 10.4 Å². The van der Waals surface area contributed by atoms with Gasteiger partial charge in [0, 0.05) is 47.3 Å². The first-order chi connectivity index (χ1) is 21.1. The number of nitriles is 4. The summed E-state index contributed by atoms with van der Waals surface area (Å²) in [7, 11) is 0. The van der Waals surface area contributed by atoms with Crippen molar-refractivity contribution >= 4 is 44.4 Å². The number of unbranched alkanes of at least 4 members (excludes halogenated alkanes) is 10. The van der Waals surface area contributed by atoms with Crippen LogP contribution in [0.4, 0.5) is 0 Å². The minimum atomic E-state index is -1.04. The summed E-state index contributed by atoms with van der Waals surface area (Å²) in [5.74, 6) is -0.302. The molecule has 2 atom stereocenters. The van der Waals surface area contributed by atoms with Crippen molar-refractivity contribution in [2.24, 2.45) is 11.3 Å². The zero-order chi connectivity index (χ0) is 30.4. The predicted molar refractivity (Wildman–Crippen MR) is 178 cm³/mol. The second kappa shape index (κ2) is 13.9. The topological polar surface area (TPSA) is 95.2 Å². The number of hydrogen-bond acceptors (Lipinski definition) is 6. The highest BCUT2D eigenvalue weighted by Gasteiger charge is 2.67. The van der Waals surface area contributed by atoms with E-state index in [1.165, 1.54) is 74.0 Å². The first-order valence-electron chi connectivity index (χ1n) is 16.1. The van der Waals surface area contributed by atoms with Crippen molar-refractivity contribution in [3.63, 3.8) is 0 Å². The maximum absolute atomic E-state index is 10.2. The number of benzene rings is 1. The fourth-order valence-electron chi connectivity index (χ4n) is 6.85. The highest BCUT2D eigenvalue weighted by molar-refractivity contribution is 7.19. The lowest BCUT2D eigenvalue weighted by Gasteiger charge is -2.07. The molecule has 5 rings (SSSR count). The first-order valence-corrected chi connectivity index (χ1v) is 17.8. The summed E-state index contributed by atoms with van der Waals surface area (Å²) in [6.07, 6.45) is 19.0. The van der Waals surface area contributed by atoms with E-state index >= 15 is 0 Å². The van der Waals surface area contributed by atoms with E-state index < -0.39 is 5.41 Å². The van der Waals surface area contributed by atoms with Crippen LogP contribution in [0.15, 0.2) is 18.2 Å². The van der Waals surface area contributed by atoms with Gasteiger partial charge in [0.2, 0.25) is 0 Å². The molecule has 4 nitrogen and oxygen atoms in total. The van der Waals surface area contributed by atoms with Crippen LogP contribution in [0.3, 0.4) is 0 Å². The molecule has 3 aromatic rings. The number of thiophene rings is 2. The molecule has 1 saturated carbocycles. The Hall–Kier alpha value is -3.42. The van der Waals surface area contributed by atoms with Gasteiger partial charge in [0.25, 0.3) is 0 Å². The van der Waals surface area contributed by atoms with E-state index in [0.29, 0.717) is 5.22 Å². The number of rotatable bonds is 14. The molecule has 2 unspecified atom stereocenters. The fraction of sp³-hybridized carbons (Fsp3) is 0.514. The Kier molecular flexibility index (Phi) is 10.0. The van der Waals surface area contributed by atoms with Gasteiger partial charge in [-0.3, -0.25) is 0 Å². The molecule has 6 heteroatoms. The van der Waals surface area contributed by atoms with Gasteiger partial charge in [-0.25, -0.2) is 0 Å². The molecule has 0 N–H and O–H groups in total. The second-order valence-corrected chi connectivity index (χ2v) is 14.5. The average Bonchev–Trinajstić information content (AvgIpc) is 3.26. The third kappa shape index (κ3) is 6.02. The first kappa shape index (κ1) is 31.0. The van der Waals surface area contributed by atoms with Gasteiger partial charge in [-0.1, -0.05) is 84.1 Å². The minimum absolute atomic E-state index is 0.139. The van der Waals surface area contributed by atoms with Crippen molar-refractivity contribution in [2.45, 2.75) is 110 Å². The summed E-state index contributed by atoms with van der Waals surface area (Å²) in [4.78, 5) is 3.67. The van der Waals surface area contributed by atoms with E-state index in [4.69, 9.17) is 0 Å². The zero-order valence-corrected chi connectivity index (χ0v) is 27.1. The quantitative estimate of drug-likeness (QED) is 0.171. The van der Waals surface area contributed by atoms with Crippen molar-refractivity contribution < 1.29 is 0 Å². The lowest BCUT2D eigenvalue weighted by Crippen LogP contribution is -2.16. The van der Waals surface area contributed by atoms with Crippen molar-refractivity contribution in [2.75, 3.05) is 0 Å². The van der Waals surface area contributed by atoms with Gasteiger partial charge < -0.3 is 0 Å². The van der Waals surface area contributed by atoms with Crippen LogP contribution >= 0.6 is 22.7 Å². The smallest absolute Gasteiger partial charge is 0.158 e. The fourth-order valence-corrected chi connectivity index (χ4v) is 9.38. The Morgan fingerprint density at radius 1 is 0.744 bits per heavy atom. The minimum Gasteiger partial charge on any atom is -0.197 e. The van der Waals surface area contributed by atoms with Crippen molar-refractivity contribution in [3.8, 4) is 34.7 Å². The van der Waals surface area contributed by atoms with Crippen molar-refractivity contribution in [1.82, 2.24) is 0 Å². The average molecular weight is 605 g/mol. The van der Waals surface area contributed by atoms with Gasteiger partial charge in [-0.05, 0) is 54.7 Å². The summed E-state index contributed by atoms with van der Waals surface area (Å²) >= 11 is 3.53. The number of hydrogen-bond donors (Lipinski definition) is 0. The van der Waals surface area contributed by atoms with Gasteiger partial charge in [-0.2, -0.15) is 21.0 Å². The van der Waals surface area contributed by atoms with Gasteiger partial charge in [0.1, 0.15) is 17.7 Å². The summed E-state index contributed by atoms with van der Waals surface area (Å²) in [5, 5.41) is 43.0. The van der Waals surface area contributed by atoms with E-state index in [2.05, 4.69) is 56.3 Å². The Labute approximate surface area is 264 Å². The maximum atomic E-state index is 10.2. The van der Waals surface area contributed by atoms with Gasteiger partial charge >= 0.3 is 0 Å². The highest BCUT2D eigenvalue weighted by Crippen LogP contribution is 2.68. The van der Waals surface area contributed by atoms with Crippen LogP contribution in [0.1, 0.15) is 112 Å². The molecule has 0 saturated heterocycles. The van der Waals surface area contributed by atoms with Crippen LogP contribution in [0.25, 0.3) is 32.2 Å². The van der Waals surface area contributed by atoms with Gasteiger partial charge in [0.05, 0.1) is 12.1 Å². The molecule has 0 amide bonds. The van der Waals surface area contributed by atoms with Crippen LogP contribution in [0.2, 0.25) is 0 Å². The summed E-state index contributed by atoms with van der Waals surface area (Å²) in [6.45, 7) is 4.47. The van der Waals surface area contributed by atoms with E-state index in [0.717, 1.165) is 57.0 Å². The Bertz CT molecular complexity index is 1750. The second-order valence-electron chi connectivity index (χ2n) is 12.2. The molecule has 220 valence electrons. The summed E-state index contributed by atoms with van der Waals surface area (Å²) < 4.78 is 1.07. The van der Waals surface area contributed by atoms with Crippen molar-refractivity contribution in [3.05, 3.63) is 44.0 Å². The molecule has 0 spiro atoms. The standard InChI is InChI=1S/C37H40N4S2/c1-3-5-7-9-11-13-15-26-17-29-28(25(21-38)22-39)19-30-31(35(29)42-26)20-33-34(37(33,23-40)24-41)32-18-27(43-36(30)32)16-14-12-10-8-6-4-2/h17-20,33-34H,3-16H2,1-2H3. The molecule has 0 aliphatic heterocycles. The molecule has 0 bridgehead atoms. The van der Waals surface area contributed by atoms with E-state index in [1.807, 2.05) is 6.07 Å². The third-order valence-electron chi connectivity index (χ3n) is 9.32. The zero-order valence-electron chi connectivity index (χ0n) is 25.5. The predicted octanol–water partition coefficient (Wildman–Crippen LogP) is 9.17. The molecule has 2 aromatic heterocycles. The van der Waals surface area contributed by atoms with Crippen LogP contribution in [-0.4, -0.2) is 0 Å². The van der Waals surface area contributed by atoms with Crippen LogP contribution in [-0.2, 0) is 12.8 Å². The summed E-state index contributed by atoms with van der Waals surface area (Å²) in [5.41, 5.74) is 1.24. The number of fused-ring (bicyclic) bond motifs is 7. The van der Waals surface area contributed by atoms with E-state index in [9.17, 15) is 21.0 Å². The van der Waals surface area contributed by atoms with Gasteiger partial charge in [0.15, 0.2) is 5.41 Å². The normalized spacial score (nSPS) is 17.3. The Balaban J connectivity index is 1.60. The van der Waals surface area contributed by atoms with E-state index in [-0.39, 0.29) is 17.4 Å². The molecule has 1 fully saturated rings. The molecule has 1 aromatic carbocycles. The SMILES string of the molecule is CCCCCCCCc1cc2c(s1)-c1cc(=C(C#N)C#N)c3cc(CCCCCCCC)sc3c1=CC1C2C1(C#N)C#N. The lowest BCUT2D eigenvalue weighted by molar-refractivity contribution is 0.609. The molecular formula is C37H40N4S2. The van der Waals surface area contributed by atoms with Crippen LogP contribution in [0.5, 0.6) is 0 Å². The molecule has 43 heavy (non-hydrogen) atoms. The lowest BCUT2D eigenvalue weighted by atomic mass is 9.96. The monoisotopic (exact) mass is 604 g/mol. The number of nitrogens with zero attached hydrogens (tertiary/aromatic N) is 4. The number of aryl methyl sites for hydroxylation is 2. The van der Waals surface area contributed by atoms with Crippen molar-refractivity contribution in [1.29, 1.82) is 21.0 Å². The van der Waals surface area contributed by atoms with E-state index in [1.54, 1.807) is 22.7 Å². The third-order valence-corrected chi connectivity index (χ3v) is 11.8. The largest absolute Gasteiger partial charge is 0.197 e. The van der Waals surface area contributed by atoms with Crippen LogP contribution in [0, 0.1) is 56.7 Å².